The largest absolute Gasteiger partial charge is 0.381 e. The molecule has 0 radical (unpaired) electrons. The summed E-state index contributed by atoms with van der Waals surface area (Å²) < 4.78 is 6.68. The number of hydrogen-bond donors (Lipinski definition) is 1. The van der Waals surface area contributed by atoms with Crippen molar-refractivity contribution in [1.82, 2.24) is 5.32 Å². The second-order valence-electron chi connectivity index (χ2n) is 4.74. The van der Waals surface area contributed by atoms with Crippen molar-refractivity contribution in [2.24, 2.45) is 5.92 Å². The van der Waals surface area contributed by atoms with Crippen molar-refractivity contribution in [3.63, 3.8) is 0 Å². The Balaban J connectivity index is 2.00. The van der Waals surface area contributed by atoms with Crippen molar-refractivity contribution in [3.05, 3.63) is 20.3 Å². The molecule has 1 fully saturated rings. The maximum atomic E-state index is 5.42. The number of rotatable bonds is 4. The molecule has 17 heavy (non-hydrogen) atoms. The van der Waals surface area contributed by atoms with Crippen molar-refractivity contribution in [3.8, 4) is 0 Å². The van der Waals surface area contributed by atoms with Gasteiger partial charge in [0.25, 0.3) is 0 Å². The maximum Gasteiger partial charge on any atom is 0.0731 e. The molecule has 0 aliphatic carbocycles. The van der Waals surface area contributed by atoms with Gasteiger partial charge in [-0.15, -0.1) is 11.3 Å². The summed E-state index contributed by atoms with van der Waals surface area (Å²) >= 11 is 5.47. The zero-order valence-electron chi connectivity index (χ0n) is 10.5. The van der Waals surface area contributed by atoms with E-state index in [0.717, 1.165) is 19.1 Å². The third kappa shape index (κ3) is 3.53. The predicted molar refractivity (Wildman–Crippen MR) is 76.7 cm³/mol. The molecule has 1 aromatic heterocycles. The molecule has 1 saturated heterocycles. The average Bonchev–Trinajstić information content (AvgIpc) is 2.68. The van der Waals surface area contributed by atoms with Crippen LogP contribution in [0.5, 0.6) is 0 Å². The van der Waals surface area contributed by atoms with Crippen molar-refractivity contribution >= 4 is 27.3 Å². The molecule has 0 amide bonds. The van der Waals surface area contributed by atoms with Crippen LogP contribution >= 0.6 is 27.3 Å². The lowest BCUT2D eigenvalue weighted by molar-refractivity contribution is 0.0609. The van der Waals surface area contributed by atoms with E-state index in [9.17, 15) is 0 Å². The van der Waals surface area contributed by atoms with E-state index in [-0.39, 0.29) is 0 Å². The number of halogens is 1. The van der Waals surface area contributed by atoms with E-state index >= 15 is 0 Å². The first-order valence-corrected chi connectivity index (χ1v) is 7.82. The van der Waals surface area contributed by atoms with Crippen molar-refractivity contribution < 1.29 is 4.74 Å². The Labute approximate surface area is 116 Å². The minimum atomic E-state index is 0.494. The molecule has 96 valence electrons. The zero-order valence-corrected chi connectivity index (χ0v) is 12.9. The molecule has 1 atom stereocenters. The third-order valence-corrected chi connectivity index (χ3v) is 5.73. The van der Waals surface area contributed by atoms with Gasteiger partial charge in [0.05, 0.1) is 3.79 Å². The van der Waals surface area contributed by atoms with E-state index in [1.807, 2.05) is 11.3 Å². The fourth-order valence-corrected chi connectivity index (χ4v) is 4.04. The minimum Gasteiger partial charge on any atom is -0.381 e. The number of aryl methyl sites for hydroxylation is 1. The summed E-state index contributed by atoms with van der Waals surface area (Å²) in [4.78, 5) is 1.45. The summed E-state index contributed by atoms with van der Waals surface area (Å²) in [6, 6.07) is 2.79. The lowest BCUT2D eigenvalue weighted by atomic mass is 9.92. The Morgan fingerprint density at radius 2 is 2.24 bits per heavy atom. The molecule has 1 aliphatic heterocycles. The van der Waals surface area contributed by atoms with Crippen LogP contribution in [-0.2, 0) is 4.74 Å². The molecular weight excluding hydrogens is 298 g/mol. The quantitative estimate of drug-likeness (QED) is 0.909. The van der Waals surface area contributed by atoms with Gasteiger partial charge in [0.15, 0.2) is 0 Å². The highest BCUT2D eigenvalue weighted by Gasteiger charge is 2.21. The van der Waals surface area contributed by atoms with Crippen LogP contribution in [0.3, 0.4) is 0 Å². The fraction of sp³-hybridized carbons (Fsp3) is 0.692. The van der Waals surface area contributed by atoms with Crippen LogP contribution in [-0.4, -0.2) is 20.3 Å². The molecule has 1 unspecified atom stereocenters. The highest BCUT2D eigenvalue weighted by molar-refractivity contribution is 9.11. The van der Waals surface area contributed by atoms with E-state index in [2.05, 4.69) is 41.3 Å². The van der Waals surface area contributed by atoms with E-state index in [0.29, 0.717) is 6.04 Å². The van der Waals surface area contributed by atoms with Gasteiger partial charge in [-0.1, -0.05) is 0 Å². The summed E-state index contributed by atoms with van der Waals surface area (Å²) in [5.74, 6) is 0.808. The van der Waals surface area contributed by atoms with E-state index < -0.39 is 0 Å². The summed E-state index contributed by atoms with van der Waals surface area (Å²) in [5.41, 5.74) is 1.34. The van der Waals surface area contributed by atoms with Crippen LogP contribution in [0, 0.1) is 12.8 Å². The third-order valence-electron chi connectivity index (χ3n) is 3.48. The standard InChI is InChI=1S/C13H20BrNOS/c1-9-7-12(17-13(9)14)11(15-2)8-10-3-5-16-6-4-10/h7,10-11,15H,3-6,8H2,1-2H3. The summed E-state index contributed by atoms with van der Waals surface area (Å²) in [6.07, 6.45) is 3.65. The Kier molecular flexibility index (Phi) is 5.03. The smallest absolute Gasteiger partial charge is 0.0731 e. The molecule has 4 heteroatoms. The Hall–Kier alpha value is 0.1000. The van der Waals surface area contributed by atoms with Crippen molar-refractivity contribution in [2.75, 3.05) is 20.3 Å². The van der Waals surface area contributed by atoms with Gasteiger partial charge in [-0.25, -0.2) is 0 Å². The summed E-state index contributed by atoms with van der Waals surface area (Å²) in [5, 5.41) is 3.45. The topological polar surface area (TPSA) is 21.3 Å². The normalized spacial score (nSPS) is 19.5. The van der Waals surface area contributed by atoms with E-state index in [1.165, 1.54) is 33.5 Å². The van der Waals surface area contributed by atoms with Gasteiger partial charge in [-0.05, 0) is 66.7 Å². The average molecular weight is 318 g/mol. The van der Waals surface area contributed by atoms with Gasteiger partial charge in [0.1, 0.15) is 0 Å². The number of thiophene rings is 1. The number of hydrogen-bond acceptors (Lipinski definition) is 3. The second kappa shape index (κ2) is 6.32. The highest BCUT2D eigenvalue weighted by atomic mass is 79.9. The molecule has 1 N–H and O–H groups in total. The molecule has 0 aromatic carbocycles. The molecule has 0 spiro atoms. The highest BCUT2D eigenvalue weighted by Crippen LogP contribution is 2.35. The number of ether oxygens (including phenoxy) is 1. The molecule has 0 saturated carbocycles. The second-order valence-corrected chi connectivity index (χ2v) is 7.14. The van der Waals surface area contributed by atoms with Crippen LogP contribution in [0.15, 0.2) is 9.85 Å². The lowest BCUT2D eigenvalue weighted by Gasteiger charge is -2.26. The van der Waals surface area contributed by atoms with Gasteiger partial charge < -0.3 is 10.1 Å². The van der Waals surface area contributed by atoms with E-state index in [4.69, 9.17) is 4.74 Å². The Morgan fingerprint density at radius 1 is 1.53 bits per heavy atom. The van der Waals surface area contributed by atoms with Crippen LogP contribution in [0.4, 0.5) is 0 Å². The van der Waals surface area contributed by atoms with Gasteiger partial charge in [-0.3, -0.25) is 0 Å². The molecule has 2 heterocycles. The first-order chi connectivity index (χ1) is 8.20. The summed E-state index contributed by atoms with van der Waals surface area (Å²) in [7, 11) is 2.06. The minimum absolute atomic E-state index is 0.494. The van der Waals surface area contributed by atoms with Crippen LogP contribution < -0.4 is 5.32 Å². The molecule has 1 aromatic rings. The molecule has 1 aliphatic rings. The van der Waals surface area contributed by atoms with Crippen LogP contribution in [0.1, 0.15) is 35.7 Å². The zero-order chi connectivity index (χ0) is 12.3. The maximum absolute atomic E-state index is 5.42. The Bertz CT molecular complexity index is 341. The van der Waals surface area contributed by atoms with Crippen molar-refractivity contribution in [2.45, 2.75) is 32.2 Å². The molecule has 2 nitrogen and oxygen atoms in total. The monoisotopic (exact) mass is 317 g/mol. The first-order valence-electron chi connectivity index (χ1n) is 6.21. The summed E-state index contributed by atoms with van der Waals surface area (Å²) in [6.45, 7) is 4.04. The van der Waals surface area contributed by atoms with Crippen molar-refractivity contribution in [1.29, 1.82) is 0 Å². The number of nitrogens with one attached hydrogen (secondary N) is 1. The molecule has 2 rings (SSSR count). The van der Waals surface area contributed by atoms with Gasteiger partial charge >= 0.3 is 0 Å². The fourth-order valence-electron chi connectivity index (χ4n) is 2.35. The Morgan fingerprint density at radius 3 is 2.76 bits per heavy atom. The van der Waals surface area contributed by atoms with Crippen LogP contribution in [0.2, 0.25) is 0 Å². The lowest BCUT2D eigenvalue weighted by Crippen LogP contribution is -2.23. The van der Waals surface area contributed by atoms with Gasteiger partial charge in [0.2, 0.25) is 0 Å². The molecule has 0 bridgehead atoms. The predicted octanol–water partition coefficient (Wildman–Crippen LogP) is 3.90. The van der Waals surface area contributed by atoms with Gasteiger partial charge in [-0.2, -0.15) is 0 Å². The van der Waals surface area contributed by atoms with Gasteiger partial charge in [0, 0.05) is 24.1 Å². The molecular formula is C13H20BrNOS. The first kappa shape index (κ1) is 13.5. The van der Waals surface area contributed by atoms with E-state index in [1.54, 1.807) is 0 Å². The SMILES string of the molecule is CNC(CC1CCOCC1)c1cc(C)c(Br)s1. The van der Waals surface area contributed by atoms with Crippen LogP contribution in [0.25, 0.3) is 0 Å².